The van der Waals surface area contributed by atoms with Gasteiger partial charge in [-0.05, 0) is 61.6 Å². The van der Waals surface area contributed by atoms with Crippen LogP contribution in [-0.2, 0) is 11.2 Å². The molecule has 1 amide bonds. The Hall–Kier alpha value is -2.87. The number of H-pyrrole nitrogens is 1. The number of aromatic nitrogens is 3. The van der Waals surface area contributed by atoms with Gasteiger partial charge in [-0.3, -0.25) is 4.79 Å². The molecule has 2 heterocycles. The van der Waals surface area contributed by atoms with Crippen LogP contribution in [0.15, 0.2) is 58.2 Å². The number of para-hydroxylation sites is 1. The molecule has 31 heavy (non-hydrogen) atoms. The number of hydrogen-bond acceptors (Lipinski definition) is 4. The third-order valence-corrected chi connectivity index (χ3v) is 6.71. The van der Waals surface area contributed by atoms with Gasteiger partial charge in [0.2, 0.25) is 5.91 Å². The number of benzene rings is 2. The molecule has 4 rings (SSSR count). The summed E-state index contributed by atoms with van der Waals surface area (Å²) in [5.41, 5.74) is 1.64. The van der Waals surface area contributed by atoms with Gasteiger partial charge in [0, 0.05) is 24.4 Å². The highest BCUT2D eigenvalue weighted by molar-refractivity contribution is 8.00. The van der Waals surface area contributed by atoms with Gasteiger partial charge in [0.15, 0.2) is 0 Å². The number of piperidine rings is 1. The Kier molecular flexibility index (Phi) is 6.56. The average molecular weight is 441 g/mol. The minimum atomic E-state index is -0.275. The zero-order valence-corrected chi connectivity index (χ0v) is 18.2. The van der Waals surface area contributed by atoms with Gasteiger partial charge in [0.25, 0.3) is 0 Å². The van der Waals surface area contributed by atoms with Crippen molar-refractivity contribution >= 4 is 17.7 Å². The predicted molar refractivity (Wildman–Crippen MR) is 119 cm³/mol. The van der Waals surface area contributed by atoms with Gasteiger partial charge in [-0.25, -0.2) is 18.9 Å². The van der Waals surface area contributed by atoms with Gasteiger partial charge in [-0.15, -0.1) is 11.8 Å². The first-order valence-corrected chi connectivity index (χ1v) is 11.4. The second kappa shape index (κ2) is 9.51. The number of carbonyl (C=O) groups is 1. The van der Waals surface area contributed by atoms with Crippen molar-refractivity contribution in [3.05, 3.63) is 76.2 Å². The van der Waals surface area contributed by atoms with E-state index in [0.29, 0.717) is 31.2 Å². The molecule has 162 valence electrons. The molecule has 0 atom stereocenters. The fourth-order valence-corrected chi connectivity index (χ4v) is 4.74. The monoisotopic (exact) mass is 440 g/mol. The number of rotatable bonds is 6. The van der Waals surface area contributed by atoms with E-state index in [1.54, 1.807) is 16.7 Å². The van der Waals surface area contributed by atoms with Gasteiger partial charge >= 0.3 is 5.69 Å². The first-order valence-electron chi connectivity index (χ1n) is 10.4. The maximum Gasteiger partial charge on any atom is 0.347 e. The lowest BCUT2D eigenvalue weighted by Gasteiger charge is -2.32. The van der Waals surface area contributed by atoms with Crippen molar-refractivity contribution in [1.29, 1.82) is 0 Å². The maximum absolute atomic E-state index is 13.0. The lowest BCUT2D eigenvalue weighted by atomic mass is 9.93. The summed E-state index contributed by atoms with van der Waals surface area (Å²) < 4.78 is 14.7. The Morgan fingerprint density at radius 2 is 1.87 bits per heavy atom. The van der Waals surface area contributed by atoms with E-state index < -0.39 is 0 Å². The van der Waals surface area contributed by atoms with Crippen LogP contribution >= 0.6 is 11.8 Å². The SMILES string of the molecule is Cc1ccccc1-n1c(CC2CCN(C(=O)CSc3ccc(F)cc3)CC2)n[nH]c1=O. The number of nitrogens with one attached hydrogen (secondary N) is 1. The lowest BCUT2D eigenvalue weighted by molar-refractivity contribution is -0.129. The molecule has 0 saturated carbocycles. The topological polar surface area (TPSA) is 71.0 Å². The molecule has 2 aromatic carbocycles. The van der Waals surface area contributed by atoms with Gasteiger partial charge in [-0.1, -0.05) is 18.2 Å². The zero-order chi connectivity index (χ0) is 21.8. The Morgan fingerprint density at radius 1 is 1.16 bits per heavy atom. The van der Waals surface area contributed by atoms with E-state index in [1.165, 1.54) is 23.9 Å². The number of nitrogens with zero attached hydrogens (tertiary/aromatic N) is 3. The van der Waals surface area contributed by atoms with Crippen molar-refractivity contribution in [2.75, 3.05) is 18.8 Å². The normalized spacial score (nSPS) is 14.7. The number of hydrogen-bond donors (Lipinski definition) is 1. The van der Waals surface area contributed by atoms with Crippen LogP contribution in [0.2, 0.25) is 0 Å². The number of aromatic amines is 1. The van der Waals surface area contributed by atoms with Gasteiger partial charge in [0.1, 0.15) is 11.6 Å². The van der Waals surface area contributed by atoms with Crippen molar-refractivity contribution in [2.24, 2.45) is 5.92 Å². The molecule has 0 bridgehead atoms. The second-order valence-corrected chi connectivity index (χ2v) is 8.89. The summed E-state index contributed by atoms with van der Waals surface area (Å²) in [5, 5.41) is 6.85. The molecule has 0 aliphatic carbocycles. The first kappa shape index (κ1) is 21.4. The fraction of sp³-hybridized carbons (Fsp3) is 0.348. The van der Waals surface area contributed by atoms with Crippen LogP contribution in [0.25, 0.3) is 5.69 Å². The van der Waals surface area contributed by atoms with Crippen LogP contribution in [0.5, 0.6) is 0 Å². The van der Waals surface area contributed by atoms with Crippen LogP contribution in [0.3, 0.4) is 0 Å². The summed E-state index contributed by atoms with van der Waals surface area (Å²) in [7, 11) is 0. The molecule has 3 aromatic rings. The predicted octanol–water partition coefficient (Wildman–Crippen LogP) is 3.58. The number of likely N-dealkylation sites (tertiary alicyclic amines) is 1. The highest BCUT2D eigenvalue weighted by Gasteiger charge is 2.25. The van der Waals surface area contributed by atoms with Gasteiger partial charge in [-0.2, -0.15) is 5.10 Å². The average Bonchev–Trinajstić information content (AvgIpc) is 3.14. The quantitative estimate of drug-likeness (QED) is 0.595. The van der Waals surface area contributed by atoms with Gasteiger partial charge in [0.05, 0.1) is 11.4 Å². The maximum atomic E-state index is 13.0. The van der Waals surface area contributed by atoms with Crippen LogP contribution in [-0.4, -0.2) is 44.4 Å². The summed E-state index contributed by atoms with van der Waals surface area (Å²) in [6.45, 7) is 3.38. The molecule has 1 fully saturated rings. The third kappa shape index (κ3) is 5.07. The van der Waals surface area contributed by atoms with Gasteiger partial charge < -0.3 is 4.90 Å². The van der Waals surface area contributed by atoms with Crippen molar-refractivity contribution in [3.8, 4) is 5.69 Å². The lowest BCUT2D eigenvalue weighted by Crippen LogP contribution is -2.40. The van der Waals surface area contributed by atoms with Crippen LogP contribution in [0, 0.1) is 18.7 Å². The molecular weight excluding hydrogens is 415 g/mol. The van der Waals surface area contributed by atoms with E-state index in [4.69, 9.17) is 0 Å². The Bertz CT molecular complexity index is 1100. The molecule has 8 heteroatoms. The number of halogens is 1. The van der Waals surface area contributed by atoms with E-state index in [2.05, 4.69) is 10.2 Å². The van der Waals surface area contributed by atoms with Crippen LogP contribution in [0.1, 0.15) is 24.2 Å². The Balaban J connectivity index is 1.33. The Labute approximate surface area is 184 Å². The smallest absolute Gasteiger partial charge is 0.342 e. The van der Waals surface area contributed by atoms with E-state index in [1.807, 2.05) is 36.1 Å². The first-order chi connectivity index (χ1) is 15.0. The fourth-order valence-electron chi connectivity index (χ4n) is 3.94. The molecule has 1 saturated heterocycles. The highest BCUT2D eigenvalue weighted by Crippen LogP contribution is 2.24. The van der Waals surface area contributed by atoms with Crippen LogP contribution in [0.4, 0.5) is 4.39 Å². The number of amides is 1. The number of thioether (sulfide) groups is 1. The molecule has 1 aromatic heterocycles. The molecule has 0 radical (unpaired) electrons. The molecular formula is C23H25FN4O2S. The molecule has 0 unspecified atom stereocenters. The summed E-state index contributed by atoms with van der Waals surface area (Å²) in [5.74, 6) is 1.28. The standard InChI is InChI=1S/C23H25FN4O2S/c1-16-4-2-3-5-20(16)28-21(25-26-23(28)30)14-17-10-12-27(13-11-17)22(29)15-31-19-8-6-18(24)7-9-19/h2-9,17H,10-15H2,1H3,(H,26,30). The van der Waals surface area contributed by atoms with E-state index in [9.17, 15) is 14.0 Å². The number of carbonyl (C=O) groups excluding carboxylic acids is 1. The minimum absolute atomic E-state index is 0.101. The van der Waals surface area contributed by atoms with Crippen molar-refractivity contribution in [2.45, 2.75) is 31.1 Å². The second-order valence-electron chi connectivity index (χ2n) is 7.84. The molecule has 6 nitrogen and oxygen atoms in total. The largest absolute Gasteiger partial charge is 0.347 e. The highest BCUT2D eigenvalue weighted by atomic mass is 32.2. The molecule has 1 aliphatic heterocycles. The third-order valence-electron chi connectivity index (χ3n) is 5.71. The zero-order valence-electron chi connectivity index (χ0n) is 17.4. The van der Waals surface area contributed by atoms with E-state index in [-0.39, 0.29) is 17.4 Å². The summed E-state index contributed by atoms with van der Waals surface area (Å²) in [4.78, 5) is 27.7. The summed E-state index contributed by atoms with van der Waals surface area (Å²) in [6, 6.07) is 14.0. The van der Waals surface area contributed by atoms with Crippen molar-refractivity contribution in [1.82, 2.24) is 19.7 Å². The van der Waals surface area contributed by atoms with E-state index in [0.717, 1.165) is 34.8 Å². The van der Waals surface area contributed by atoms with Crippen molar-refractivity contribution < 1.29 is 9.18 Å². The molecule has 1 aliphatic rings. The molecule has 0 spiro atoms. The van der Waals surface area contributed by atoms with Crippen LogP contribution < -0.4 is 5.69 Å². The Morgan fingerprint density at radius 3 is 2.58 bits per heavy atom. The minimum Gasteiger partial charge on any atom is -0.342 e. The van der Waals surface area contributed by atoms with E-state index >= 15 is 0 Å². The summed E-state index contributed by atoms with van der Waals surface area (Å²) in [6.07, 6.45) is 2.45. The van der Waals surface area contributed by atoms with Crippen molar-refractivity contribution in [3.63, 3.8) is 0 Å². The summed E-state index contributed by atoms with van der Waals surface area (Å²) >= 11 is 1.43. The number of aryl methyl sites for hydroxylation is 1. The molecule has 1 N–H and O–H groups in total.